The van der Waals surface area contributed by atoms with Gasteiger partial charge in [0.05, 0.1) is 27.6 Å². The highest BCUT2D eigenvalue weighted by Gasteiger charge is 2.24. The molecule has 0 bridgehead atoms. The van der Waals surface area contributed by atoms with Crippen molar-refractivity contribution in [3.05, 3.63) is 0 Å². The number of quaternary nitrogens is 1. The molecule has 5 heteroatoms. The Morgan fingerprint density at radius 3 is 2.25 bits per heavy atom. The van der Waals surface area contributed by atoms with Crippen molar-refractivity contribution in [2.45, 2.75) is 32.3 Å². The summed E-state index contributed by atoms with van der Waals surface area (Å²) >= 11 is 0. The van der Waals surface area contributed by atoms with E-state index in [1.54, 1.807) is 0 Å². The number of likely N-dealkylation sites (N-methyl/N-ethyl adjacent to an activating group) is 1. The quantitative estimate of drug-likeness (QED) is 0.523. The maximum Gasteiger partial charge on any atom is 0.307 e. The Morgan fingerprint density at radius 1 is 1.31 bits per heavy atom. The summed E-state index contributed by atoms with van der Waals surface area (Å²) < 4.78 is 5.71. The van der Waals surface area contributed by atoms with Crippen molar-refractivity contribution >= 4 is 11.9 Å². The van der Waals surface area contributed by atoms with E-state index in [1.165, 1.54) is 0 Å². The van der Waals surface area contributed by atoms with Gasteiger partial charge in [0.25, 0.3) is 0 Å². The highest BCUT2D eigenvalue weighted by atomic mass is 16.5. The summed E-state index contributed by atoms with van der Waals surface area (Å²) in [5.41, 5.74) is 0. The largest absolute Gasteiger partial charge is 0.481 e. The average molecular weight is 232 g/mol. The van der Waals surface area contributed by atoms with Crippen LogP contribution in [0.3, 0.4) is 0 Å². The van der Waals surface area contributed by atoms with Crippen LogP contribution in [0.25, 0.3) is 0 Å². The van der Waals surface area contributed by atoms with E-state index in [1.807, 2.05) is 28.1 Å². The monoisotopic (exact) mass is 232 g/mol. The lowest BCUT2D eigenvalue weighted by Gasteiger charge is -2.28. The molecule has 0 saturated carbocycles. The van der Waals surface area contributed by atoms with Gasteiger partial charge >= 0.3 is 11.9 Å². The van der Waals surface area contributed by atoms with Gasteiger partial charge in [0.2, 0.25) is 0 Å². The van der Waals surface area contributed by atoms with E-state index in [9.17, 15) is 9.59 Å². The van der Waals surface area contributed by atoms with E-state index in [2.05, 4.69) is 0 Å². The van der Waals surface area contributed by atoms with Gasteiger partial charge < -0.3 is 14.3 Å². The topological polar surface area (TPSA) is 63.6 Å². The second-order valence-corrected chi connectivity index (χ2v) is 4.93. The van der Waals surface area contributed by atoms with E-state index in [0.29, 0.717) is 23.9 Å². The van der Waals surface area contributed by atoms with E-state index < -0.39 is 12.1 Å². The van der Waals surface area contributed by atoms with Crippen LogP contribution in [0.4, 0.5) is 0 Å². The second-order valence-electron chi connectivity index (χ2n) is 4.93. The van der Waals surface area contributed by atoms with E-state index >= 15 is 0 Å². The van der Waals surface area contributed by atoms with Gasteiger partial charge in [0, 0.05) is 6.42 Å². The zero-order valence-electron chi connectivity index (χ0n) is 10.5. The molecule has 0 radical (unpaired) electrons. The number of carbonyl (C=O) groups is 2. The Kier molecular flexibility index (Phi) is 6.03. The van der Waals surface area contributed by atoms with E-state index in [0.717, 1.165) is 0 Å². The molecule has 0 aromatic carbocycles. The van der Waals surface area contributed by atoms with Gasteiger partial charge in [0.15, 0.2) is 6.10 Å². The number of ether oxygens (including phenoxy) is 1. The van der Waals surface area contributed by atoms with Crippen LogP contribution in [0.5, 0.6) is 0 Å². The molecule has 0 aliphatic rings. The molecule has 0 aromatic rings. The van der Waals surface area contributed by atoms with Crippen LogP contribution >= 0.6 is 0 Å². The fourth-order valence-electron chi connectivity index (χ4n) is 1.40. The lowest BCUT2D eigenvalue weighted by molar-refractivity contribution is -0.873. The van der Waals surface area contributed by atoms with Crippen molar-refractivity contribution in [2.24, 2.45) is 0 Å². The highest BCUT2D eigenvalue weighted by molar-refractivity contribution is 5.71. The summed E-state index contributed by atoms with van der Waals surface area (Å²) in [6, 6.07) is 0. The number of aliphatic carboxylic acids is 1. The molecule has 0 aromatic heterocycles. The van der Waals surface area contributed by atoms with Crippen LogP contribution in [0, 0.1) is 0 Å². The second kappa shape index (κ2) is 6.48. The normalized spacial score (nSPS) is 13.2. The van der Waals surface area contributed by atoms with Gasteiger partial charge in [-0.3, -0.25) is 9.59 Å². The van der Waals surface area contributed by atoms with E-state index in [4.69, 9.17) is 9.84 Å². The van der Waals surface area contributed by atoms with Crippen LogP contribution in [0.2, 0.25) is 0 Å². The molecular weight excluding hydrogens is 210 g/mol. The van der Waals surface area contributed by atoms with Gasteiger partial charge in [-0.05, 0) is 6.42 Å². The molecule has 0 aliphatic heterocycles. The van der Waals surface area contributed by atoms with Gasteiger partial charge in [-0.2, -0.15) is 0 Å². The van der Waals surface area contributed by atoms with Crippen LogP contribution < -0.4 is 0 Å². The van der Waals surface area contributed by atoms with Crippen LogP contribution in [0.1, 0.15) is 26.2 Å². The predicted octanol–water partition coefficient (Wildman–Crippen LogP) is 0.879. The Labute approximate surface area is 96.6 Å². The average Bonchev–Trinajstić information content (AvgIpc) is 1.98. The van der Waals surface area contributed by atoms with Crippen molar-refractivity contribution in [3.8, 4) is 0 Å². The Bertz CT molecular complexity index is 245. The molecule has 16 heavy (non-hydrogen) atoms. The van der Waals surface area contributed by atoms with Crippen LogP contribution in [-0.2, 0) is 14.3 Å². The first-order valence-corrected chi connectivity index (χ1v) is 5.46. The molecule has 0 fully saturated rings. The van der Waals surface area contributed by atoms with Crippen molar-refractivity contribution in [1.29, 1.82) is 0 Å². The van der Waals surface area contributed by atoms with Crippen LogP contribution in [-0.4, -0.2) is 55.3 Å². The van der Waals surface area contributed by atoms with Crippen molar-refractivity contribution in [3.63, 3.8) is 0 Å². The maximum absolute atomic E-state index is 11.3. The molecule has 0 heterocycles. The summed E-state index contributed by atoms with van der Waals surface area (Å²) in [4.78, 5) is 21.9. The standard InChI is InChI=1S/C11H21NO4/c1-5-6-11(15)16-9(7-10(13)14)8-12(2,3)4/h9H,5-8H2,1-4H3/p+1/t9-/m1/s1. The first-order chi connectivity index (χ1) is 7.24. The first-order valence-electron chi connectivity index (χ1n) is 5.46. The summed E-state index contributed by atoms with van der Waals surface area (Å²) in [7, 11) is 5.80. The third-order valence-corrected chi connectivity index (χ3v) is 1.91. The fraction of sp³-hybridized carbons (Fsp3) is 0.818. The van der Waals surface area contributed by atoms with Gasteiger partial charge in [-0.25, -0.2) is 0 Å². The fourth-order valence-corrected chi connectivity index (χ4v) is 1.40. The molecule has 0 aliphatic carbocycles. The molecule has 0 amide bonds. The third-order valence-electron chi connectivity index (χ3n) is 1.91. The minimum absolute atomic E-state index is 0.134. The third kappa shape index (κ3) is 8.23. The smallest absolute Gasteiger partial charge is 0.307 e. The van der Waals surface area contributed by atoms with Gasteiger partial charge in [0.1, 0.15) is 6.54 Å². The summed E-state index contributed by atoms with van der Waals surface area (Å²) in [6.45, 7) is 2.38. The molecule has 1 atom stereocenters. The number of carboxylic acid groups (broad SMARTS) is 1. The predicted molar refractivity (Wildman–Crippen MR) is 59.9 cm³/mol. The van der Waals surface area contributed by atoms with Crippen molar-refractivity contribution in [2.75, 3.05) is 27.7 Å². The van der Waals surface area contributed by atoms with Crippen LogP contribution in [0.15, 0.2) is 0 Å². The lowest BCUT2D eigenvalue weighted by Crippen LogP contribution is -2.43. The number of carboxylic acids is 1. The maximum atomic E-state index is 11.3. The molecule has 1 N–H and O–H groups in total. The van der Waals surface area contributed by atoms with E-state index in [-0.39, 0.29) is 12.4 Å². The Balaban J connectivity index is 4.31. The molecule has 5 nitrogen and oxygen atoms in total. The molecule has 0 saturated heterocycles. The zero-order valence-corrected chi connectivity index (χ0v) is 10.5. The molecular formula is C11H22NO4+. The number of rotatable bonds is 7. The number of esters is 1. The Morgan fingerprint density at radius 2 is 1.88 bits per heavy atom. The summed E-state index contributed by atoms with van der Waals surface area (Å²) in [5.74, 6) is -1.26. The molecule has 0 spiro atoms. The minimum Gasteiger partial charge on any atom is -0.481 e. The molecule has 0 unspecified atom stereocenters. The van der Waals surface area contributed by atoms with Crippen molar-refractivity contribution < 1.29 is 23.9 Å². The SMILES string of the molecule is CCCC(=O)O[C@H](CC(=O)O)C[N+](C)(C)C. The lowest BCUT2D eigenvalue weighted by atomic mass is 10.2. The van der Waals surface area contributed by atoms with Gasteiger partial charge in [-0.15, -0.1) is 0 Å². The van der Waals surface area contributed by atoms with Crippen molar-refractivity contribution in [1.82, 2.24) is 0 Å². The summed E-state index contributed by atoms with van der Waals surface area (Å²) in [5, 5.41) is 8.73. The summed E-state index contributed by atoms with van der Waals surface area (Å²) in [6.07, 6.45) is 0.373. The minimum atomic E-state index is -0.942. The first kappa shape index (κ1) is 14.9. The molecule has 0 rings (SSSR count). The Hall–Kier alpha value is -1.10. The number of hydrogen-bond acceptors (Lipinski definition) is 3. The van der Waals surface area contributed by atoms with Gasteiger partial charge in [-0.1, -0.05) is 6.92 Å². The highest BCUT2D eigenvalue weighted by Crippen LogP contribution is 2.07. The number of carbonyl (C=O) groups excluding carboxylic acids is 1. The number of nitrogens with zero attached hydrogens (tertiary/aromatic N) is 1. The zero-order chi connectivity index (χ0) is 12.8. The number of hydrogen-bond donors (Lipinski definition) is 1. The molecule has 94 valence electrons.